The first-order valence-corrected chi connectivity index (χ1v) is 5.86. The van der Waals surface area contributed by atoms with Gasteiger partial charge in [-0.15, -0.1) is 16.4 Å². The summed E-state index contributed by atoms with van der Waals surface area (Å²) in [6.07, 6.45) is 0.940. The molecule has 0 aliphatic rings. The Balaban J connectivity index is 2.40. The molecule has 0 spiro atoms. The van der Waals surface area contributed by atoms with E-state index in [1.54, 1.807) is 17.9 Å². The molecule has 0 bridgehead atoms. The second-order valence-corrected chi connectivity index (χ2v) is 5.09. The molecule has 0 saturated carbocycles. The first kappa shape index (κ1) is 10.7. The summed E-state index contributed by atoms with van der Waals surface area (Å²) in [5.41, 5.74) is 0.638. The van der Waals surface area contributed by atoms with Gasteiger partial charge < -0.3 is 5.11 Å². The molecule has 0 fully saturated rings. The van der Waals surface area contributed by atoms with Crippen LogP contribution >= 0.6 is 27.3 Å². The van der Waals surface area contributed by atoms with Gasteiger partial charge in [0.1, 0.15) is 11.8 Å². The highest BCUT2D eigenvalue weighted by Crippen LogP contribution is 2.29. The molecule has 2 rings (SSSR count). The number of hydrogen-bond donors (Lipinski definition) is 1. The smallest absolute Gasteiger partial charge is 0.154 e. The van der Waals surface area contributed by atoms with Crippen molar-refractivity contribution >= 4 is 27.3 Å². The second-order valence-electron chi connectivity index (χ2n) is 3.07. The fraction of sp³-hybridized carbons (Fsp3) is 0.375. The molecule has 2 heterocycles. The Hall–Kier alpha value is -0.790. The quantitative estimate of drug-likeness (QED) is 0.908. The van der Waals surface area contributed by atoms with Crippen molar-refractivity contribution in [1.82, 2.24) is 20.0 Å². The summed E-state index contributed by atoms with van der Waals surface area (Å²) in [5, 5.41) is 18.7. The molecule has 2 aromatic heterocycles. The second kappa shape index (κ2) is 3.99. The van der Waals surface area contributed by atoms with E-state index in [1.807, 2.05) is 6.92 Å². The monoisotopic (exact) mass is 288 g/mol. The molecule has 0 amide bonds. The van der Waals surface area contributed by atoms with E-state index in [9.17, 15) is 5.11 Å². The first-order chi connectivity index (χ1) is 7.09. The number of rotatable bonds is 2. The topological polar surface area (TPSA) is 63.8 Å². The maximum atomic E-state index is 10.1. The van der Waals surface area contributed by atoms with Crippen LogP contribution in [0, 0.1) is 6.92 Å². The number of nitrogens with zero attached hydrogens (tertiary/aromatic N) is 4. The van der Waals surface area contributed by atoms with Crippen LogP contribution in [-0.4, -0.2) is 25.1 Å². The lowest BCUT2D eigenvalue weighted by molar-refractivity contribution is 0.212. The number of aliphatic hydroxyl groups excluding tert-OH is 1. The largest absolute Gasteiger partial charge is 0.381 e. The third-order valence-corrected chi connectivity index (χ3v) is 3.52. The van der Waals surface area contributed by atoms with Crippen LogP contribution in [0.4, 0.5) is 0 Å². The Labute approximate surface area is 98.9 Å². The van der Waals surface area contributed by atoms with Crippen molar-refractivity contribution in [1.29, 1.82) is 0 Å². The Kier molecular flexibility index (Phi) is 2.85. The van der Waals surface area contributed by atoms with Crippen LogP contribution in [0.3, 0.4) is 0 Å². The van der Waals surface area contributed by atoms with Gasteiger partial charge in [0.2, 0.25) is 0 Å². The van der Waals surface area contributed by atoms with E-state index in [0.717, 1.165) is 9.88 Å². The van der Waals surface area contributed by atoms with Gasteiger partial charge in [-0.2, -0.15) is 0 Å². The first-order valence-electron chi connectivity index (χ1n) is 4.25. The summed E-state index contributed by atoms with van der Waals surface area (Å²) in [7, 11) is 1.74. The molecule has 0 saturated heterocycles. The minimum absolute atomic E-state index is 0.559. The molecular weight excluding hydrogens is 280 g/mol. The van der Waals surface area contributed by atoms with Crippen molar-refractivity contribution in [3.05, 3.63) is 26.4 Å². The number of halogens is 1. The lowest BCUT2D eigenvalue weighted by atomic mass is 10.2. The maximum absolute atomic E-state index is 10.1. The van der Waals surface area contributed by atoms with E-state index in [2.05, 4.69) is 31.2 Å². The molecule has 1 unspecified atom stereocenters. The van der Waals surface area contributed by atoms with Gasteiger partial charge in [0.15, 0.2) is 4.60 Å². The van der Waals surface area contributed by atoms with Gasteiger partial charge in [0.05, 0.1) is 9.88 Å². The van der Waals surface area contributed by atoms with Crippen LogP contribution < -0.4 is 0 Å². The zero-order valence-corrected chi connectivity index (χ0v) is 10.6. The van der Waals surface area contributed by atoms with Gasteiger partial charge >= 0.3 is 0 Å². The average Bonchev–Trinajstić information content (AvgIpc) is 2.73. The molecule has 1 N–H and O–H groups in total. The molecule has 0 aromatic carbocycles. The van der Waals surface area contributed by atoms with E-state index in [0.29, 0.717) is 10.3 Å². The number of aliphatic hydroxyl groups is 1. The zero-order chi connectivity index (χ0) is 11.0. The van der Waals surface area contributed by atoms with Gasteiger partial charge in [-0.1, -0.05) is 5.21 Å². The third-order valence-electron chi connectivity index (χ3n) is 1.99. The standard InChI is InChI=1S/C8H9BrN4OS/c1-4-10-3-5(15-4)7(14)6-8(9)11-12-13(6)2/h3,7,14H,1-2H3. The molecular formula is C8H9BrN4OS. The summed E-state index contributed by atoms with van der Waals surface area (Å²) in [6, 6.07) is 0. The fourth-order valence-electron chi connectivity index (χ4n) is 1.27. The van der Waals surface area contributed by atoms with E-state index in [-0.39, 0.29) is 0 Å². The summed E-state index contributed by atoms with van der Waals surface area (Å²) < 4.78 is 2.10. The predicted molar refractivity (Wildman–Crippen MR) is 59.6 cm³/mol. The van der Waals surface area contributed by atoms with Crippen molar-refractivity contribution in [2.45, 2.75) is 13.0 Å². The van der Waals surface area contributed by atoms with Crippen LogP contribution in [0.2, 0.25) is 0 Å². The van der Waals surface area contributed by atoms with Crippen LogP contribution in [0.1, 0.15) is 21.7 Å². The number of hydrogen-bond acceptors (Lipinski definition) is 5. The zero-order valence-electron chi connectivity index (χ0n) is 8.18. The van der Waals surface area contributed by atoms with Crippen molar-refractivity contribution < 1.29 is 5.11 Å². The lowest BCUT2D eigenvalue weighted by Crippen LogP contribution is -2.05. The average molecular weight is 289 g/mol. The maximum Gasteiger partial charge on any atom is 0.154 e. The Morgan fingerprint density at radius 3 is 2.80 bits per heavy atom. The normalized spacial score (nSPS) is 13.1. The third kappa shape index (κ3) is 1.95. The number of aryl methyl sites for hydroxylation is 2. The van der Waals surface area contributed by atoms with Gasteiger partial charge in [-0.25, -0.2) is 9.67 Å². The molecule has 2 aromatic rings. The van der Waals surface area contributed by atoms with E-state index in [1.165, 1.54) is 11.3 Å². The molecule has 1 atom stereocenters. The van der Waals surface area contributed by atoms with Crippen molar-refractivity contribution in [2.24, 2.45) is 7.05 Å². The van der Waals surface area contributed by atoms with Crippen LogP contribution in [0.15, 0.2) is 10.8 Å². The molecule has 0 aliphatic heterocycles. The molecule has 0 aliphatic carbocycles. The van der Waals surface area contributed by atoms with Crippen LogP contribution in [0.5, 0.6) is 0 Å². The van der Waals surface area contributed by atoms with Crippen LogP contribution in [-0.2, 0) is 7.05 Å². The number of aromatic nitrogens is 4. The van der Waals surface area contributed by atoms with Gasteiger partial charge in [-0.3, -0.25) is 0 Å². The van der Waals surface area contributed by atoms with E-state index in [4.69, 9.17) is 0 Å². The molecule has 0 radical (unpaired) electrons. The summed E-state index contributed by atoms with van der Waals surface area (Å²) in [4.78, 5) is 4.89. The van der Waals surface area contributed by atoms with Crippen molar-refractivity contribution in [3.8, 4) is 0 Å². The van der Waals surface area contributed by atoms with Gasteiger partial charge in [0.25, 0.3) is 0 Å². The SMILES string of the molecule is Cc1ncc(C(O)c2c(Br)nnn2C)s1. The Bertz CT molecular complexity index is 461. The molecule has 15 heavy (non-hydrogen) atoms. The highest BCUT2D eigenvalue weighted by atomic mass is 79.9. The molecule has 80 valence electrons. The summed E-state index contributed by atoms with van der Waals surface area (Å²) in [6.45, 7) is 1.90. The molecule has 5 nitrogen and oxygen atoms in total. The number of thiazole rings is 1. The fourth-order valence-corrected chi connectivity index (χ4v) is 2.59. The summed E-state index contributed by atoms with van der Waals surface area (Å²) in [5.74, 6) is 0. The minimum Gasteiger partial charge on any atom is -0.381 e. The Morgan fingerprint density at radius 1 is 1.60 bits per heavy atom. The van der Waals surface area contributed by atoms with Crippen molar-refractivity contribution in [3.63, 3.8) is 0 Å². The highest BCUT2D eigenvalue weighted by Gasteiger charge is 2.21. The van der Waals surface area contributed by atoms with Crippen LogP contribution in [0.25, 0.3) is 0 Å². The minimum atomic E-state index is -0.731. The Morgan fingerprint density at radius 2 is 2.33 bits per heavy atom. The van der Waals surface area contributed by atoms with E-state index >= 15 is 0 Å². The van der Waals surface area contributed by atoms with Gasteiger partial charge in [-0.05, 0) is 22.9 Å². The molecule has 7 heteroatoms. The van der Waals surface area contributed by atoms with Gasteiger partial charge in [0, 0.05) is 13.2 Å². The summed E-state index contributed by atoms with van der Waals surface area (Å²) >= 11 is 4.71. The lowest BCUT2D eigenvalue weighted by Gasteiger charge is -2.07. The van der Waals surface area contributed by atoms with E-state index < -0.39 is 6.10 Å². The predicted octanol–water partition coefficient (Wildman–Crippen LogP) is 1.42. The highest BCUT2D eigenvalue weighted by molar-refractivity contribution is 9.10. The van der Waals surface area contributed by atoms with Crippen molar-refractivity contribution in [2.75, 3.05) is 0 Å².